The van der Waals surface area contributed by atoms with Gasteiger partial charge in [0, 0.05) is 0 Å². The lowest BCUT2D eigenvalue weighted by atomic mass is 10.2. The van der Waals surface area contributed by atoms with Crippen LogP contribution in [-0.2, 0) is 0 Å². The van der Waals surface area contributed by atoms with E-state index in [2.05, 4.69) is 0 Å². The lowest BCUT2D eigenvalue weighted by Gasteiger charge is -2.12. The monoisotopic (exact) mass is 304 g/mol. The van der Waals surface area contributed by atoms with Crippen molar-refractivity contribution >= 4 is 34.6 Å². The molecule has 100 valence electrons. The van der Waals surface area contributed by atoms with E-state index in [-0.39, 0.29) is 27.2 Å². The summed E-state index contributed by atoms with van der Waals surface area (Å²) in [6, 6.07) is 5.29. The fourth-order valence-corrected chi connectivity index (χ4v) is 1.73. The highest BCUT2D eigenvalue weighted by atomic mass is 35.5. The Bertz CT molecular complexity index is 650. The second kappa shape index (κ2) is 5.11. The molecule has 0 aliphatic carbocycles. The normalized spacial score (nSPS) is 10.5. The predicted octanol–water partition coefficient (Wildman–Crippen LogP) is 4.23. The van der Waals surface area contributed by atoms with E-state index in [1.165, 1.54) is 24.3 Å². The van der Waals surface area contributed by atoms with Gasteiger partial charge in [-0.1, -0.05) is 29.3 Å². The SMILES string of the molecule is Nc1cc(N)c(Oc2cccc(Cl)c2F)c(F)c1Cl. The predicted molar refractivity (Wildman–Crippen MR) is 71.7 cm³/mol. The Balaban J connectivity index is 2.50. The van der Waals surface area contributed by atoms with Gasteiger partial charge in [-0.3, -0.25) is 0 Å². The summed E-state index contributed by atoms with van der Waals surface area (Å²) in [7, 11) is 0. The van der Waals surface area contributed by atoms with Crippen molar-refractivity contribution in [2.75, 3.05) is 11.5 Å². The number of benzene rings is 2. The molecule has 7 heteroatoms. The minimum Gasteiger partial charge on any atom is -0.449 e. The van der Waals surface area contributed by atoms with Crippen LogP contribution in [0.3, 0.4) is 0 Å². The van der Waals surface area contributed by atoms with Crippen molar-refractivity contribution in [1.82, 2.24) is 0 Å². The van der Waals surface area contributed by atoms with Gasteiger partial charge in [-0.05, 0) is 18.2 Å². The van der Waals surface area contributed by atoms with Crippen molar-refractivity contribution in [3.8, 4) is 11.5 Å². The first-order chi connectivity index (χ1) is 8.91. The second-order valence-electron chi connectivity index (χ2n) is 3.67. The van der Waals surface area contributed by atoms with Gasteiger partial charge in [-0.15, -0.1) is 0 Å². The van der Waals surface area contributed by atoms with Gasteiger partial charge in [0.1, 0.15) is 5.02 Å². The van der Waals surface area contributed by atoms with E-state index in [4.69, 9.17) is 39.4 Å². The highest BCUT2D eigenvalue weighted by molar-refractivity contribution is 6.33. The van der Waals surface area contributed by atoms with Gasteiger partial charge in [-0.25, -0.2) is 8.78 Å². The molecular formula is C12H8Cl2F2N2O. The zero-order chi connectivity index (χ0) is 14.2. The summed E-state index contributed by atoms with van der Waals surface area (Å²) in [5, 5.41) is -0.496. The molecule has 0 radical (unpaired) electrons. The molecule has 0 aliphatic rings. The number of nitrogen functional groups attached to an aromatic ring is 2. The zero-order valence-corrected chi connectivity index (χ0v) is 10.9. The lowest BCUT2D eigenvalue weighted by Crippen LogP contribution is -2.00. The highest BCUT2D eigenvalue weighted by Gasteiger charge is 2.18. The Morgan fingerprint density at radius 1 is 1.00 bits per heavy atom. The van der Waals surface area contributed by atoms with Crippen LogP contribution in [0.5, 0.6) is 11.5 Å². The number of rotatable bonds is 2. The molecule has 0 saturated heterocycles. The summed E-state index contributed by atoms with van der Waals surface area (Å²) >= 11 is 11.2. The van der Waals surface area contributed by atoms with Crippen LogP contribution in [0.25, 0.3) is 0 Å². The average molecular weight is 305 g/mol. The first-order valence-electron chi connectivity index (χ1n) is 5.06. The number of ether oxygens (including phenoxy) is 1. The topological polar surface area (TPSA) is 61.3 Å². The molecular weight excluding hydrogens is 297 g/mol. The standard InChI is InChI=1S/C12H8Cl2F2N2O/c13-5-2-1-3-8(10(5)15)19-12-7(18)4-6(17)9(14)11(12)16/h1-4H,17-18H2. The zero-order valence-electron chi connectivity index (χ0n) is 9.38. The molecule has 0 atom stereocenters. The third-order valence-electron chi connectivity index (χ3n) is 2.35. The van der Waals surface area contributed by atoms with Gasteiger partial charge in [0.25, 0.3) is 0 Å². The Morgan fingerprint density at radius 3 is 2.37 bits per heavy atom. The van der Waals surface area contributed by atoms with Gasteiger partial charge >= 0.3 is 0 Å². The van der Waals surface area contributed by atoms with E-state index in [1.54, 1.807) is 0 Å². The molecule has 0 bridgehead atoms. The van der Waals surface area contributed by atoms with Crippen molar-refractivity contribution in [2.45, 2.75) is 0 Å². The summed E-state index contributed by atoms with van der Waals surface area (Å²) in [5.74, 6) is -2.45. The number of hydrogen-bond acceptors (Lipinski definition) is 3. The molecule has 0 heterocycles. The molecule has 0 unspecified atom stereocenters. The molecule has 0 spiro atoms. The van der Waals surface area contributed by atoms with Crippen LogP contribution < -0.4 is 16.2 Å². The van der Waals surface area contributed by atoms with Gasteiger partial charge in [-0.2, -0.15) is 0 Å². The summed E-state index contributed by atoms with van der Waals surface area (Å²) in [5.41, 5.74) is 10.9. The van der Waals surface area contributed by atoms with E-state index < -0.39 is 17.4 Å². The number of nitrogens with two attached hydrogens (primary N) is 2. The summed E-state index contributed by atoms with van der Waals surface area (Å²) in [6.45, 7) is 0. The molecule has 4 N–H and O–H groups in total. The third kappa shape index (κ3) is 2.52. The Morgan fingerprint density at radius 2 is 1.68 bits per heavy atom. The smallest absolute Gasteiger partial charge is 0.188 e. The van der Waals surface area contributed by atoms with Gasteiger partial charge < -0.3 is 16.2 Å². The van der Waals surface area contributed by atoms with Crippen molar-refractivity contribution in [2.24, 2.45) is 0 Å². The van der Waals surface area contributed by atoms with Crippen molar-refractivity contribution in [3.63, 3.8) is 0 Å². The Kier molecular flexibility index (Phi) is 3.68. The van der Waals surface area contributed by atoms with Crippen LogP contribution in [-0.4, -0.2) is 0 Å². The molecule has 0 fully saturated rings. The maximum Gasteiger partial charge on any atom is 0.188 e. The van der Waals surface area contributed by atoms with Gasteiger partial charge in [0.05, 0.1) is 16.4 Å². The Hall–Kier alpha value is -1.72. The van der Waals surface area contributed by atoms with Crippen molar-refractivity contribution in [3.05, 3.63) is 45.9 Å². The molecule has 2 aromatic rings. The molecule has 0 amide bonds. The van der Waals surface area contributed by atoms with Crippen LogP contribution >= 0.6 is 23.2 Å². The number of halogens is 4. The van der Waals surface area contributed by atoms with Gasteiger partial charge in [0.2, 0.25) is 0 Å². The fourth-order valence-electron chi connectivity index (χ4n) is 1.43. The van der Waals surface area contributed by atoms with E-state index in [1.807, 2.05) is 0 Å². The molecule has 0 aromatic heterocycles. The lowest BCUT2D eigenvalue weighted by molar-refractivity contribution is 0.417. The molecule has 2 aromatic carbocycles. The van der Waals surface area contributed by atoms with Crippen LogP contribution in [0.2, 0.25) is 10.0 Å². The summed E-state index contributed by atoms with van der Waals surface area (Å²) < 4.78 is 32.6. The quantitative estimate of drug-likeness (QED) is 0.816. The van der Waals surface area contributed by atoms with E-state index in [0.29, 0.717) is 0 Å². The van der Waals surface area contributed by atoms with E-state index >= 15 is 0 Å². The average Bonchev–Trinajstić information content (AvgIpc) is 2.37. The van der Waals surface area contributed by atoms with Crippen LogP contribution in [0.15, 0.2) is 24.3 Å². The molecule has 0 saturated carbocycles. The number of anilines is 2. The molecule has 19 heavy (non-hydrogen) atoms. The first-order valence-corrected chi connectivity index (χ1v) is 5.82. The van der Waals surface area contributed by atoms with Gasteiger partial charge in [0.15, 0.2) is 23.1 Å². The van der Waals surface area contributed by atoms with E-state index in [0.717, 1.165) is 0 Å². The molecule has 0 aliphatic heterocycles. The fraction of sp³-hybridized carbons (Fsp3) is 0. The molecule has 2 rings (SSSR count). The van der Waals surface area contributed by atoms with Crippen LogP contribution in [0.1, 0.15) is 0 Å². The van der Waals surface area contributed by atoms with Crippen molar-refractivity contribution < 1.29 is 13.5 Å². The number of hydrogen-bond donors (Lipinski definition) is 2. The maximum absolute atomic E-state index is 13.9. The highest BCUT2D eigenvalue weighted by Crippen LogP contribution is 2.39. The van der Waals surface area contributed by atoms with Crippen molar-refractivity contribution in [1.29, 1.82) is 0 Å². The van der Waals surface area contributed by atoms with Crippen LogP contribution in [0.4, 0.5) is 20.2 Å². The Labute approximate surface area is 117 Å². The third-order valence-corrected chi connectivity index (χ3v) is 3.02. The van der Waals surface area contributed by atoms with Crippen LogP contribution in [0, 0.1) is 11.6 Å². The largest absolute Gasteiger partial charge is 0.449 e. The summed E-state index contributed by atoms with van der Waals surface area (Å²) in [6.07, 6.45) is 0. The first kappa shape index (κ1) is 13.7. The summed E-state index contributed by atoms with van der Waals surface area (Å²) in [4.78, 5) is 0. The minimum atomic E-state index is -0.960. The second-order valence-corrected chi connectivity index (χ2v) is 4.45. The van der Waals surface area contributed by atoms with E-state index in [9.17, 15) is 8.78 Å². The molecule has 3 nitrogen and oxygen atoms in total. The maximum atomic E-state index is 13.9. The minimum absolute atomic E-state index is 0.0319.